The molecule has 148 valence electrons. The fraction of sp³-hybridized carbons (Fsp3) is 0.300. The summed E-state index contributed by atoms with van der Waals surface area (Å²) in [6.07, 6.45) is 3.23. The first-order chi connectivity index (χ1) is 13.5. The molecule has 0 unspecified atom stereocenters. The molecule has 0 saturated heterocycles. The van der Waals surface area contributed by atoms with Crippen molar-refractivity contribution >= 4 is 23.5 Å². The number of aliphatic imine (C=N–C) groups is 1. The van der Waals surface area contributed by atoms with Gasteiger partial charge in [-0.25, -0.2) is 4.99 Å². The van der Waals surface area contributed by atoms with Crippen LogP contribution >= 0.6 is 0 Å². The van der Waals surface area contributed by atoms with Crippen LogP contribution < -0.4 is 16.0 Å². The first-order valence-electron chi connectivity index (χ1n) is 9.02. The largest absolute Gasteiger partial charge is 0.357 e. The van der Waals surface area contributed by atoms with Crippen molar-refractivity contribution in [2.45, 2.75) is 13.5 Å². The molecule has 0 radical (unpaired) electrons. The van der Waals surface area contributed by atoms with Crippen molar-refractivity contribution in [2.75, 3.05) is 32.5 Å². The van der Waals surface area contributed by atoms with Gasteiger partial charge in [0.05, 0.1) is 25.0 Å². The first-order valence-corrected chi connectivity index (χ1v) is 9.02. The highest BCUT2D eigenvalue weighted by Gasteiger charge is 2.07. The Morgan fingerprint density at radius 1 is 1.11 bits per heavy atom. The summed E-state index contributed by atoms with van der Waals surface area (Å²) in [6, 6.07) is 10.8. The van der Waals surface area contributed by atoms with Gasteiger partial charge in [0.15, 0.2) is 5.96 Å². The molecule has 0 saturated carbocycles. The summed E-state index contributed by atoms with van der Waals surface area (Å²) in [5.41, 5.74) is 2.24. The minimum absolute atomic E-state index is 0.0373. The number of hydrogen-bond acceptors (Lipinski definition) is 4. The van der Waals surface area contributed by atoms with Gasteiger partial charge in [0.1, 0.15) is 0 Å². The molecule has 0 fully saturated rings. The molecule has 0 aliphatic carbocycles. The molecule has 0 spiro atoms. The van der Waals surface area contributed by atoms with Crippen molar-refractivity contribution in [1.29, 1.82) is 0 Å². The van der Waals surface area contributed by atoms with E-state index in [0.29, 0.717) is 30.3 Å². The van der Waals surface area contributed by atoms with E-state index in [1.807, 2.05) is 19.1 Å². The van der Waals surface area contributed by atoms with Crippen molar-refractivity contribution < 1.29 is 9.59 Å². The third-order valence-electron chi connectivity index (χ3n) is 3.73. The number of pyridine rings is 1. The number of hydrogen-bond donors (Lipinski definition) is 3. The van der Waals surface area contributed by atoms with Crippen LogP contribution in [0.5, 0.6) is 0 Å². The molecule has 1 aromatic heterocycles. The van der Waals surface area contributed by atoms with E-state index in [4.69, 9.17) is 0 Å². The van der Waals surface area contributed by atoms with Crippen LogP contribution in [0.1, 0.15) is 22.8 Å². The van der Waals surface area contributed by atoms with Crippen LogP contribution in [0.2, 0.25) is 0 Å². The molecule has 8 nitrogen and oxygen atoms in total. The van der Waals surface area contributed by atoms with Gasteiger partial charge in [0, 0.05) is 32.4 Å². The highest BCUT2D eigenvalue weighted by molar-refractivity contribution is 5.95. The summed E-state index contributed by atoms with van der Waals surface area (Å²) in [5, 5.41) is 8.86. The van der Waals surface area contributed by atoms with Crippen molar-refractivity contribution in [1.82, 2.24) is 20.5 Å². The van der Waals surface area contributed by atoms with E-state index in [9.17, 15) is 9.59 Å². The van der Waals surface area contributed by atoms with Crippen molar-refractivity contribution in [2.24, 2.45) is 4.99 Å². The molecule has 0 atom stereocenters. The smallest absolute Gasteiger partial charge is 0.253 e. The molecule has 2 rings (SSSR count). The first kappa shape index (κ1) is 20.9. The summed E-state index contributed by atoms with van der Waals surface area (Å²) in [6.45, 7) is 3.13. The van der Waals surface area contributed by atoms with Crippen LogP contribution in [0, 0.1) is 0 Å². The second-order valence-corrected chi connectivity index (χ2v) is 6.24. The molecule has 0 aliphatic rings. The zero-order valence-electron chi connectivity index (χ0n) is 16.4. The number of carbonyl (C=O) groups is 2. The third kappa shape index (κ3) is 6.71. The van der Waals surface area contributed by atoms with Gasteiger partial charge in [-0.3, -0.25) is 14.6 Å². The normalized spacial score (nSPS) is 10.9. The van der Waals surface area contributed by atoms with Crippen molar-refractivity contribution in [3.8, 4) is 0 Å². The average molecular weight is 382 g/mol. The van der Waals surface area contributed by atoms with Crippen LogP contribution in [-0.2, 0) is 11.3 Å². The van der Waals surface area contributed by atoms with Crippen molar-refractivity contribution in [3.63, 3.8) is 0 Å². The lowest BCUT2D eigenvalue weighted by atomic mass is 10.1. The maximum absolute atomic E-state index is 12.0. The van der Waals surface area contributed by atoms with E-state index in [1.165, 1.54) is 4.90 Å². The average Bonchev–Trinajstić information content (AvgIpc) is 2.70. The molecule has 8 heteroatoms. The van der Waals surface area contributed by atoms with Crippen LogP contribution in [-0.4, -0.2) is 54.8 Å². The van der Waals surface area contributed by atoms with Gasteiger partial charge in [-0.1, -0.05) is 12.1 Å². The zero-order valence-corrected chi connectivity index (χ0v) is 16.4. The van der Waals surface area contributed by atoms with Gasteiger partial charge in [0.25, 0.3) is 5.91 Å². The highest BCUT2D eigenvalue weighted by Crippen LogP contribution is 2.07. The number of anilines is 1. The Labute approximate surface area is 165 Å². The summed E-state index contributed by atoms with van der Waals surface area (Å²) >= 11 is 0. The van der Waals surface area contributed by atoms with Gasteiger partial charge >= 0.3 is 0 Å². The number of benzene rings is 1. The highest BCUT2D eigenvalue weighted by atomic mass is 16.2. The Balaban J connectivity index is 1.90. The van der Waals surface area contributed by atoms with Gasteiger partial charge in [0.2, 0.25) is 5.91 Å². The van der Waals surface area contributed by atoms with Crippen molar-refractivity contribution in [3.05, 3.63) is 59.9 Å². The van der Waals surface area contributed by atoms with E-state index >= 15 is 0 Å². The molecule has 0 aliphatic heterocycles. The predicted molar refractivity (Wildman–Crippen MR) is 110 cm³/mol. The Bertz CT molecular complexity index is 803. The van der Waals surface area contributed by atoms with E-state index < -0.39 is 0 Å². The standard InChI is InChI=1S/C20H26N6O2/c1-4-22-20(24-14-18(27)25-17-6-5-11-21-13-17)23-12-15-7-9-16(10-8-15)19(28)26(2)3/h5-11,13H,4,12,14H2,1-3H3,(H,25,27)(H2,22,23,24). The van der Waals surface area contributed by atoms with E-state index in [-0.39, 0.29) is 18.4 Å². The molecule has 28 heavy (non-hydrogen) atoms. The number of carbonyl (C=O) groups excluding carboxylic acids is 2. The molecule has 2 amide bonds. The monoisotopic (exact) mass is 382 g/mol. The molecule has 2 aromatic rings. The van der Waals surface area contributed by atoms with Crippen LogP contribution in [0.4, 0.5) is 5.69 Å². The lowest BCUT2D eigenvalue weighted by Gasteiger charge is -2.12. The topological polar surface area (TPSA) is 98.7 Å². The van der Waals surface area contributed by atoms with Gasteiger partial charge in [-0.15, -0.1) is 0 Å². The number of aromatic nitrogens is 1. The van der Waals surface area contributed by atoms with Crippen LogP contribution in [0.15, 0.2) is 53.8 Å². The minimum atomic E-state index is -0.190. The van der Waals surface area contributed by atoms with Gasteiger partial charge in [-0.05, 0) is 36.8 Å². The van der Waals surface area contributed by atoms with E-state index in [1.54, 1.807) is 50.8 Å². The number of guanidine groups is 1. The number of nitrogens with one attached hydrogen (secondary N) is 3. The van der Waals surface area contributed by atoms with Crippen LogP contribution in [0.3, 0.4) is 0 Å². The minimum Gasteiger partial charge on any atom is -0.357 e. The molecule has 0 bridgehead atoms. The molecule has 1 aromatic carbocycles. The summed E-state index contributed by atoms with van der Waals surface area (Å²) in [7, 11) is 3.44. The number of rotatable bonds is 7. The molecule has 3 N–H and O–H groups in total. The Hall–Kier alpha value is -3.42. The van der Waals surface area contributed by atoms with E-state index in [2.05, 4.69) is 25.9 Å². The van der Waals surface area contributed by atoms with E-state index in [0.717, 1.165) is 5.56 Å². The third-order valence-corrected chi connectivity index (χ3v) is 3.73. The Kier molecular flexibility index (Phi) is 7.95. The maximum atomic E-state index is 12.0. The SMILES string of the molecule is CCNC(=NCc1ccc(C(=O)N(C)C)cc1)NCC(=O)Nc1cccnc1. The number of amides is 2. The Morgan fingerprint density at radius 2 is 1.86 bits per heavy atom. The summed E-state index contributed by atoms with van der Waals surface area (Å²) < 4.78 is 0. The Morgan fingerprint density at radius 3 is 2.46 bits per heavy atom. The summed E-state index contributed by atoms with van der Waals surface area (Å²) in [5.74, 6) is 0.312. The maximum Gasteiger partial charge on any atom is 0.253 e. The molecule has 1 heterocycles. The second kappa shape index (κ2) is 10.7. The quantitative estimate of drug-likeness (QED) is 0.498. The van der Waals surface area contributed by atoms with Crippen LogP contribution in [0.25, 0.3) is 0 Å². The fourth-order valence-electron chi connectivity index (χ4n) is 2.33. The zero-order chi connectivity index (χ0) is 20.4. The van der Waals surface area contributed by atoms with Gasteiger partial charge < -0.3 is 20.9 Å². The lowest BCUT2D eigenvalue weighted by molar-refractivity contribution is -0.115. The lowest BCUT2D eigenvalue weighted by Crippen LogP contribution is -2.41. The molecular weight excluding hydrogens is 356 g/mol. The molecular formula is C20H26N6O2. The number of nitrogens with zero attached hydrogens (tertiary/aromatic N) is 3. The fourth-order valence-corrected chi connectivity index (χ4v) is 2.33. The second-order valence-electron chi connectivity index (χ2n) is 6.24. The predicted octanol–water partition coefficient (Wildman–Crippen LogP) is 1.48. The summed E-state index contributed by atoms with van der Waals surface area (Å²) in [4.78, 5) is 33.9. The van der Waals surface area contributed by atoms with Gasteiger partial charge in [-0.2, -0.15) is 0 Å².